The molecule has 0 bridgehead atoms. The second kappa shape index (κ2) is 6.64. The molecule has 1 saturated heterocycles. The van der Waals surface area contributed by atoms with Crippen molar-refractivity contribution in [2.75, 3.05) is 18.4 Å². The SMILES string of the molecule is N#CC1(Nc2ccccc2)CCCN(Cc2ccccc2)C1. The average molecular weight is 291 g/mol. The standard InChI is InChI=1S/C19H21N3/c20-15-19(21-18-10-5-2-6-11-18)12-7-13-22(16-19)14-17-8-3-1-4-9-17/h1-6,8-11,21H,7,12-14,16H2. The Morgan fingerprint density at radius 3 is 2.41 bits per heavy atom. The lowest BCUT2D eigenvalue weighted by molar-refractivity contribution is 0.182. The molecule has 2 aromatic carbocycles. The molecular formula is C19H21N3. The zero-order chi connectivity index (χ0) is 15.3. The van der Waals surface area contributed by atoms with Crippen LogP contribution in [-0.4, -0.2) is 23.5 Å². The molecule has 0 spiro atoms. The van der Waals surface area contributed by atoms with Crippen molar-refractivity contribution >= 4 is 5.69 Å². The first-order valence-electron chi connectivity index (χ1n) is 7.80. The molecule has 0 amide bonds. The minimum absolute atomic E-state index is 0.492. The second-order valence-electron chi connectivity index (χ2n) is 5.98. The summed E-state index contributed by atoms with van der Waals surface area (Å²) in [5.74, 6) is 0. The summed E-state index contributed by atoms with van der Waals surface area (Å²) in [5, 5.41) is 13.2. The van der Waals surface area contributed by atoms with Gasteiger partial charge in [0.05, 0.1) is 6.07 Å². The van der Waals surface area contributed by atoms with Crippen LogP contribution in [0.25, 0.3) is 0 Å². The third-order valence-electron chi connectivity index (χ3n) is 4.19. The third-order valence-corrected chi connectivity index (χ3v) is 4.19. The van der Waals surface area contributed by atoms with Crippen LogP contribution in [0.3, 0.4) is 0 Å². The molecule has 1 aliphatic heterocycles. The van der Waals surface area contributed by atoms with Gasteiger partial charge in [-0.1, -0.05) is 48.5 Å². The molecule has 1 aliphatic rings. The van der Waals surface area contributed by atoms with Crippen molar-refractivity contribution in [3.63, 3.8) is 0 Å². The Labute approximate surface area is 132 Å². The summed E-state index contributed by atoms with van der Waals surface area (Å²) in [4.78, 5) is 2.37. The van der Waals surface area contributed by atoms with Gasteiger partial charge in [-0.05, 0) is 37.1 Å². The maximum atomic E-state index is 9.75. The van der Waals surface area contributed by atoms with Gasteiger partial charge >= 0.3 is 0 Å². The van der Waals surface area contributed by atoms with Crippen molar-refractivity contribution in [2.24, 2.45) is 0 Å². The van der Waals surface area contributed by atoms with Crippen LogP contribution in [0.2, 0.25) is 0 Å². The summed E-state index contributed by atoms with van der Waals surface area (Å²) < 4.78 is 0. The van der Waals surface area contributed by atoms with Gasteiger partial charge in [-0.25, -0.2) is 0 Å². The van der Waals surface area contributed by atoms with Gasteiger partial charge in [0.25, 0.3) is 0 Å². The van der Waals surface area contributed by atoms with E-state index < -0.39 is 5.54 Å². The first kappa shape index (κ1) is 14.6. The highest BCUT2D eigenvalue weighted by atomic mass is 15.2. The zero-order valence-electron chi connectivity index (χ0n) is 12.7. The van der Waals surface area contributed by atoms with Gasteiger partial charge in [-0.2, -0.15) is 5.26 Å². The molecule has 1 heterocycles. The lowest BCUT2D eigenvalue weighted by atomic mass is 9.89. The van der Waals surface area contributed by atoms with E-state index in [4.69, 9.17) is 0 Å². The van der Waals surface area contributed by atoms with E-state index in [1.807, 2.05) is 36.4 Å². The molecule has 1 atom stereocenters. The molecule has 2 aromatic rings. The van der Waals surface area contributed by atoms with Gasteiger partial charge in [0.1, 0.15) is 5.54 Å². The van der Waals surface area contributed by atoms with Gasteiger partial charge in [0.15, 0.2) is 0 Å². The van der Waals surface area contributed by atoms with Crippen molar-refractivity contribution in [3.8, 4) is 6.07 Å². The van der Waals surface area contributed by atoms with Gasteiger partial charge in [0, 0.05) is 18.8 Å². The van der Waals surface area contributed by atoms with E-state index in [0.29, 0.717) is 0 Å². The summed E-state index contributed by atoms with van der Waals surface area (Å²) in [7, 11) is 0. The number of hydrogen-bond donors (Lipinski definition) is 1. The van der Waals surface area contributed by atoms with Crippen LogP contribution in [0.1, 0.15) is 18.4 Å². The molecule has 1 fully saturated rings. The number of piperidine rings is 1. The predicted molar refractivity (Wildman–Crippen MR) is 89.4 cm³/mol. The molecule has 0 radical (unpaired) electrons. The molecule has 1 unspecified atom stereocenters. The molecule has 112 valence electrons. The topological polar surface area (TPSA) is 39.1 Å². The number of rotatable bonds is 4. The number of benzene rings is 2. The quantitative estimate of drug-likeness (QED) is 0.934. The summed E-state index contributed by atoms with van der Waals surface area (Å²) in [5.41, 5.74) is 1.83. The van der Waals surface area contributed by atoms with E-state index in [9.17, 15) is 5.26 Å². The fourth-order valence-electron chi connectivity index (χ4n) is 3.14. The Hall–Kier alpha value is -2.31. The number of nitrogens with one attached hydrogen (secondary N) is 1. The molecule has 3 rings (SSSR count). The molecule has 0 saturated carbocycles. The van der Waals surface area contributed by atoms with Gasteiger partial charge < -0.3 is 5.32 Å². The van der Waals surface area contributed by atoms with E-state index in [1.165, 1.54) is 5.56 Å². The number of nitrogens with zero attached hydrogens (tertiary/aromatic N) is 2. The minimum Gasteiger partial charge on any atom is -0.366 e. The van der Waals surface area contributed by atoms with Crippen molar-refractivity contribution in [1.29, 1.82) is 5.26 Å². The third kappa shape index (κ3) is 3.47. The molecule has 22 heavy (non-hydrogen) atoms. The highest BCUT2D eigenvalue weighted by molar-refractivity contribution is 5.48. The lowest BCUT2D eigenvalue weighted by Gasteiger charge is -2.39. The summed E-state index contributed by atoms with van der Waals surface area (Å²) >= 11 is 0. The Morgan fingerprint density at radius 2 is 1.73 bits per heavy atom. The number of para-hydroxylation sites is 1. The fraction of sp³-hybridized carbons (Fsp3) is 0.316. The monoisotopic (exact) mass is 291 g/mol. The van der Waals surface area contributed by atoms with Crippen LogP contribution in [-0.2, 0) is 6.54 Å². The maximum Gasteiger partial charge on any atom is 0.138 e. The lowest BCUT2D eigenvalue weighted by Crippen LogP contribution is -2.51. The Balaban J connectivity index is 1.71. The van der Waals surface area contributed by atoms with Crippen LogP contribution in [0.15, 0.2) is 60.7 Å². The molecule has 0 aliphatic carbocycles. The first-order chi connectivity index (χ1) is 10.8. The highest BCUT2D eigenvalue weighted by Gasteiger charge is 2.35. The van der Waals surface area contributed by atoms with Crippen LogP contribution in [0.4, 0.5) is 5.69 Å². The summed E-state index contributed by atoms with van der Waals surface area (Å²) in [6, 6.07) is 23.0. The largest absolute Gasteiger partial charge is 0.366 e. The van der Waals surface area contributed by atoms with Gasteiger partial charge in [-0.15, -0.1) is 0 Å². The number of likely N-dealkylation sites (tertiary alicyclic amines) is 1. The van der Waals surface area contributed by atoms with Crippen LogP contribution < -0.4 is 5.32 Å². The average Bonchev–Trinajstić information content (AvgIpc) is 2.57. The van der Waals surface area contributed by atoms with Gasteiger partial charge in [0.2, 0.25) is 0 Å². The smallest absolute Gasteiger partial charge is 0.138 e. The summed E-state index contributed by atoms with van der Waals surface area (Å²) in [6.07, 6.45) is 1.93. The normalized spacial score (nSPS) is 22.0. The van der Waals surface area contributed by atoms with E-state index in [1.54, 1.807) is 0 Å². The van der Waals surface area contributed by atoms with Crippen molar-refractivity contribution in [3.05, 3.63) is 66.2 Å². The van der Waals surface area contributed by atoms with E-state index in [0.717, 1.165) is 38.2 Å². The van der Waals surface area contributed by atoms with Crippen LogP contribution >= 0.6 is 0 Å². The molecule has 3 heteroatoms. The Bertz CT molecular complexity index is 633. The van der Waals surface area contributed by atoms with Crippen molar-refractivity contribution in [1.82, 2.24) is 4.90 Å². The first-order valence-corrected chi connectivity index (χ1v) is 7.80. The molecule has 0 aromatic heterocycles. The zero-order valence-corrected chi connectivity index (χ0v) is 12.7. The van der Waals surface area contributed by atoms with Gasteiger partial charge in [-0.3, -0.25) is 4.90 Å². The second-order valence-corrected chi connectivity index (χ2v) is 5.98. The maximum absolute atomic E-state index is 9.75. The van der Waals surface area contributed by atoms with E-state index >= 15 is 0 Å². The Morgan fingerprint density at radius 1 is 1.05 bits per heavy atom. The number of anilines is 1. The summed E-state index contributed by atoms with van der Waals surface area (Å²) in [6.45, 7) is 2.71. The highest BCUT2D eigenvalue weighted by Crippen LogP contribution is 2.26. The minimum atomic E-state index is -0.492. The molecule has 3 nitrogen and oxygen atoms in total. The van der Waals surface area contributed by atoms with Crippen molar-refractivity contribution in [2.45, 2.75) is 24.9 Å². The van der Waals surface area contributed by atoms with Crippen molar-refractivity contribution < 1.29 is 0 Å². The van der Waals surface area contributed by atoms with E-state index in [2.05, 4.69) is 40.6 Å². The van der Waals surface area contributed by atoms with Crippen LogP contribution in [0.5, 0.6) is 0 Å². The predicted octanol–water partition coefficient (Wildman–Crippen LogP) is 3.66. The number of hydrogen-bond acceptors (Lipinski definition) is 3. The fourth-order valence-corrected chi connectivity index (χ4v) is 3.14. The molecule has 1 N–H and O–H groups in total. The molecular weight excluding hydrogens is 270 g/mol. The number of nitriles is 1. The van der Waals surface area contributed by atoms with Crippen LogP contribution in [0, 0.1) is 11.3 Å². The van der Waals surface area contributed by atoms with E-state index in [-0.39, 0.29) is 0 Å². The Kier molecular flexibility index (Phi) is 4.41.